The number of fused-ring (bicyclic) bond motifs is 3. The van der Waals surface area contributed by atoms with Gasteiger partial charge in [-0.1, -0.05) is 126 Å². The molecule has 3 aliphatic rings. The zero-order valence-corrected chi connectivity index (χ0v) is 50.0. The summed E-state index contributed by atoms with van der Waals surface area (Å²) in [6, 6.07) is 29.7. The lowest BCUT2D eigenvalue weighted by Crippen LogP contribution is -2.45. The van der Waals surface area contributed by atoms with E-state index < -0.39 is 0 Å². The van der Waals surface area contributed by atoms with Crippen LogP contribution in [0.4, 0.5) is 0 Å². The van der Waals surface area contributed by atoms with E-state index in [2.05, 4.69) is 142 Å². The number of hydrogen-bond acceptors (Lipinski definition) is 15. The summed E-state index contributed by atoms with van der Waals surface area (Å²) >= 11 is 24.5. The van der Waals surface area contributed by atoms with E-state index in [9.17, 15) is 0 Å². The lowest BCUT2D eigenvalue weighted by Gasteiger charge is -2.32. The highest BCUT2D eigenvalue weighted by molar-refractivity contribution is 14.1. The molecule has 3 aliphatic heterocycles. The van der Waals surface area contributed by atoms with Crippen LogP contribution >= 0.6 is 80.0 Å². The van der Waals surface area contributed by atoms with Crippen molar-refractivity contribution in [2.45, 2.75) is 19.6 Å². The van der Waals surface area contributed by atoms with Gasteiger partial charge in [0.05, 0.1) is 57.1 Å². The highest BCUT2D eigenvalue weighted by atomic mass is 127. The Morgan fingerprint density at radius 2 is 0.818 bits per heavy atom. The Labute approximate surface area is 490 Å². The summed E-state index contributed by atoms with van der Waals surface area (Å²) < 4.78 is 7.72. The van der Waals surface area contributed by atoms with Gasteiger partial charge in [-0.2, -0.15) is 10.2 Å². The lowest BCUT2D eigenvalue weighted by atomic mass is 10.1. The van der Waals surface area contributed by atoms with Crippen molar-refractivity contribution in [3.05, 3.63) is 120 Å². The van der Waals surface area contributed by atoms with Gasteiger partial charge in [0.2, 0.25) is 5.65 Å². The highest BCUT2D eigenvalue weighted by Gasteiger charge is 2.23. The normalized spacial score (nSPS) is 16.5. The smallest absolute Gasteiger partial charge is 0.205 e. The summed E-state index contributed by atoms with van der Waals surface area (Å²) in [5.41, 5.74) is 7.12. The average Bonchev–Trinajstić information content (AvgIpc) is 4.26. The number of aromatic nitrogens is 12. The van der Waals surface area contributed by atoms with Crippen molar-refractivity contribution in [1.82, 2.24) is 89.3 Å². The van der Waals surface area contributed by atoms with E-state index >= 15 is 0 Å². The number of halogens is 5. The van der Waals surface area contributed by atoms with Crippen molar-refractivity contribution < 1.29 is 0 Å². The van der Waals surface area contributed by atoms with E-state index in [0.717, 1.165) is 169 Å². The van der Waals surface area contributed by atoms with Gasteiger partial charge in [-0.25, -0.2) is 9.36 Å². The lowest BCUT2D eigenvalue weighted by molar-refractivity contribution is 0.148. The first-order valence-corrected chi connectivity index (χ1v) is 29.2. The quantitative estimate of drug-likeness (QED) is 0.108. The summed E-state index contributed by atoms with van der Waals surface area (Å²) in [5.74, 6) is 0. The van der Waals surface area contributed by atoms with Crippen molar-refractivity contribution in [3.8, 4) is 33.8 Å². The Morgan fingerprint density at radius 1 is 0.416 bits per heavy atom. The van der Waals surface area contributed by atoms with E-state index in [-0.39, 0.29) is 0 Å². The number of benzene rings is 3. The molecule has 9 heterocycles. The van der Waals surface area contributed by atoms with Crippen LogP contribution in [0.3, 0.4) is 0 Å². The van der Waals surface area contributed by atoms with E-state index in [4.69, 9.17) is 34.8 Å². The maximum atomic E-state index is 6.68. The summed E-state index contributed by atoms with van der Waals surface area (Å²) in [4.78, 5) is 14.5. The van der Waals surface area contributed by atoms with Gasteiger partial charge in [-0.15, -0.1) is 35.7 Å². The molecule has 6 aromatic heterocycles. The largest absolute Gasteiger partial charge is 0.304 e. The average molecular weight is 1320 g/mol. The van der Waals surface area contributed by atoms with Gasteiger partial charge in [0.25, 0.3) is 0 Å². The van der Waals surface area contributed by atoms with Crippen LogP contribution in [0, 0.1) is 7.40 Å². The van der Waals surface area contributed by atoms with Gasteiger partial charge < -0.3 is 14.7 Å². The molecular formula is C54H61Cl3I2N18. The Morgan fingerprint density at radius 3 is 1.30 bits per heavy atom. The predicted molar refractivity (Wildman–Crippen MR) is 325 cm³/mol. The third kappa shape index (κ3) is 13.4. The third-order valence-corrected chi connectivity index (χ3v) is 17.4. The fraction of sp³-hybridized carbons (Fsp3) is 0.389. The van der Waals surface area contributed by atoms with Crippen LogP contribution in [-0.4, -0.2) is 209 Å². The van der Waals surface area contributed by atoms with Crippen LogP contribution < -0.4 is 0 Å². The summed E-state index contributed by atoms with van der Waals surface area (Å²) in [5, 5.41) is 44.5. The number of likely N-dealkylation sites (N-methyl/N-ethyl adjacent to an activating group) is 3. The summed E-state index contributed by atoms with van der Waals surface area (Å²) in [6.07, 6.45) is 1.79. The second-order valence-corrected chi connectivity index (χ2v) is 22.8. The standard InChI is InChI=1S/2C18H20ClIN6.C18H21ClN6/c1-24-7-9-25(10-8-24)11-12-26-17(20)14-15(19)16(21-22-18(14)23-26)13-5-3-2-4-6-13;1-24-7-9-25(10-8-24)11-12-26-18-14(17(20)23-26)15(19)16(21-22-18)13-5-3-2-4-6-13;1-23-7-9-24(10-8-23)11-12-25-18-15(13-20-25)16(19)17(21-22-18)14-5-3-2-4-6-14/h2*2-6H,7-12H2,1H3;2-6,13H,7-12H2,1H3. The minimum atomic E-state index is 0.609. The Balaban J connectivity index is 0.000000131. The third-order valence-electron chi connectivity index (χ3n) is 14.4. The second-order valence-electron chi connectivity index (χ2n) is 19.7. The molecule has 0 bridgehead atoms. The fourth-order valence-corrected chi connectivity index (χ4v) is 12.4. The highest BCUT2D eigenvalue weighted by Crippen LogP contribution is 2.36. The zero-order chi connectivity index (χ0) is 53.4. The molecule has 0 N–H and O–H groups in total. The number of rotatable bonds is 12. The van der Waals surface area contributed by atoms with Crippen molar-refractivity contribution in [1.29, 1.82) is 0 Å². The maximum absolute atomic E-state index is 6.68. The molecule has 0 spiro atoms. The van der Waals surface area contributed by atoms with Crippen molar-refractivity contribution in [2.24, 2.45) is 0 Å². The maximum Gasteiger partial charge on any atom is 0.205 e. The number of hydrogen-bond donors (Lipinski definition) is 0. The van der Waals surface area contributed by atoms with Gasteiger partial charge in [-0.05, 0) is 66.3 Å². The molecule has 0 amide bonds. The molecule has 23 heteroatoms. The molecule has 18 nitrogen and oxygen atoms in total. The first kappa shape index (κ1) is 55.7. The van der Waals surface area contributed by atoms with Crippen LogP contribution in [0.15, 0.2) is 97.2 Å². The van der Waals surface area contributed by atoms with E-state index in [1.807, 2.05) is 105 Å². The zero-order valence-electron chi connectivity index (χ0n) is 43.4. The minimum Gasteiger partial charge on any atom is -0.304 e. The topological polar surface area (TPSA) is 150 Å². The molecule has 0 atom stereocenters. The van der Waals surface area contributed by atoms with Crippen molar-refractivity contribution in [3.63, 3.8) is 0 Å². The van der Waals surface area contributed by atoms with Crippen molar-refractivity contribution in [2.75, 3.05) is 119 Å². The molecule has 3 saturated heterocycles. The van der Waals surface area contributed by atoms with Gasteiger partial charge in [0.1, 0.15) is 24.5 Å². The fourth-order valence-electron chi connectivity index (χ4n) is 9.56. The molecule has 0 aliphatic carbocycles. The van der Waals surface area contributed by atoms with Gasteiger partial charge in [-0.3, -0.25) is 19.4 Å². The summed E-state index contributed by atoms with van der Waals surface area (Å²) in [7, 11) is 6.51. The van der Waals surface area contributed by atoms with E-state index in [1.165, 1.54) is 0 Å². The van der Waals surface area contributed by atoms with Crippen LogP contribution in [0.2, 0.25) is 15.1 Å². The molecule has 0 unspecified atom stereocenters. The Bertz CT molecular complexity index is 3320. The monoisotopic (exact) mass is 1320 g/mol. The molecular weight excluding hydrogens is 1260 g/mol. The van der Waals surface area contributed by atoms with Crippen LogP contribution in [-0.2, 0) is 19.6 Å². The van der Waals surface area contributed by atoms with Gasteiger partial charge >= 0.3 is 0 Å². The number of piperazine rings is 3. The molecule has 0 radical (unpaired) electrons. The van der Waals surface area contributed by atoms with E-state index in [1.54, 1.807) is 6.20 Å². The van der Waals surface area contributed by atoms with Gasteiger partial charge in [0.15, 0.2) is 11.3 Å². The minimum absolute atomic E-state index is 0.609. The van der Waals surface area contributed by atoms with Crippen LogP contribution in [0.5, 0.6) is 0 Å². The molecule has 77 heavy (non-hydrogen) atoms. The Kier molecular flexibility index (Phi) is 18.9. The van der Waals surface area contributed by atoms with Crippen molar-refractivity contribution >= 4 is 113 Å². The molecule has 3 fully saturated rings. The molecule has 402 valence electrons. The van der Waals surface area contributed by atoms with E-state index in [0.29, 0.717) is 37.8 Å². The second kappa shape index (κ2) is 26.1. The van der Waals surface area contributed by atoms with Crippen LogP contribution in [0.25, 0.3) is 66.9 Å². The molecule has 9 aromatic rings. The molecule has 12 rings (SSSR count). The van der Waals surface area contributed by atoms with Gasteiger partial charge in [0, 0.05) is 115 Å². The Hall–Kier alpha value is -4.60. The first-order valence-electron chi connectivity index (χ1n) is 25.9. The molecule has 3 aromatic carbocycles. The number of nitrogens with zero attached hydrogens (tertiary/aromatic N) is 18. The predicted octanol–water partition coefficient (Wildman–Crippen LogP) is 8.39. The SMILES string of the molecule is CN1CCN(CCn2nc(I)c3c(Cl)c(-c4ccccc4)nnc32)CC1.CN1CCN(CCn2nc3nnc(-c4ccccc4)c(Cl)c3c2I)CC1.CN1CCN(CCn2ncc3c(Cl)c(-c4ccccc4)nnc32)CC1. The van der Waals surface area contributed by atoms with Crippen LogP contribution in [0.1, 0.15) is 0 Å². The molecule has 0 saturated carbocycles. The summed E-state index contributed by atoms with van der Waals surface area (Å²) in [6.45, 7) is 18.6. The first-order chi connectivity index (χ1) is 37.5.